The number of sulfonamides is 1. The third-order valence-corrected chi connectivity index (χ3v) is 7.41. The van der Waals surface area contributed by atoms with Gasteiger partial charge in [-0.3, -0.25) is 13.9 Å². The number of hydrogen-bond acceptors (Lipinski definition) is 7. The fraction of sp³-hybridized carbons (Fsp3) is 0.150. The molecule has 30 heavy (non-hydrogen) atoms. The first-order valence-corrected chi connectivity index (χ1v) is 11.5. The quantitative estimate of drug-likeness (QED) is 0.422. The van der Waals surface area contributed by atoms with E-state index in [1.165, 1.54) is 43.5 Å². The van der Waals surface area contributed by atoms with Gasteiger partial charge in [0.05, 0.1) is 10.6 Å². The molecular weight excluding hydrogens is 448 g/mol. The minimum Gasteiger partial charge on any atom is -0.455 e. The molecule has 2 unspecified atom stereocenters. The molecule has 2 atom stereocenters. The Morgan fingerprint density at radius 3 is 2.53 bits per heavy atom. The molecule has 1 aromatic heterocycles. The Labute approximate surface area is 181 Å². The van der Waals surface area contributed by atoms with Crippen LogP contribution in [0.1, 0.15) is 28.4 Å². The first-order valence-electron chi connectivity index (χ1n) is 8.80. The summed E-state index contributed by atoms with van der Waals surface area (Å²) in [7, 11) is -4.16. The zero-order valence-corrected chi connectivity index (χ0v) is 17.9. The second-order valence-corrected chi connectivity index (χ2v) is 9.64. The molecular formula is C20H15ClN2O5S2. The molecule has 154 valence electrons. The lowest BCUT2D eigenvalue weighted by Crippen LogP contribution is -2.45. The number of hydrogen-bond donors (Lipinski definition) is 0. The number of benzene rings is 2. The van der Waals surface area contributed by atoms with Crippen molar-refractivity contribution in [1.29, 1.82) is 0 Å². The van der Waals surface area contributed by atoms with Gasteiger partial charge < -0.3 is 4.74 Å². The Bertz CT molecular complexity index is 1210. The largest absolute Gasteiger partial charge is 0.455 e. The highest BCUT2D eigenvalue weighted by molar-refractivity contribution is 7.93. The molecule has 1 aliphatic heterocycles. The van der Waals surface area contributed by atoms with Gasteiger partial charge in [-0.25, -0.2) is 13.4 Å². The van der Waals surface area contributed by atoms with E-state index in [4.69, 9.17) is 16.3 Å². The lowest BCUT2D eigenvalue weighted by molar-refractivity contribution is -0.146. The van der Waals surface area contributed by atoms with Crippen LogP contribution < -0.4 is 4.31 Å². The van der Waals surface area contributed by atoms with Crippen molar-refractivity contribution in [2.24, 2.45) is 0 Å². The molecule has 0 bridgehead atoms. The number of aromatic nitrogens is 1. The highest BCUT2D eigenvalue weighted by Gasteiger charge is 2.51. The minimum absolute atomic E-state index is 0.00585. The maximum atomic E-state index is 13.6. The molecule has 3 aromatic rings. The van der Waals surface area contributed by atoms with Crippen molar-refractivity contribution >= 4 is 50.4 Å². The molecule has 0 saturated carbocycles. The third-order valence-electron chi connectivity index (χ3n) is 4.58. The van der Waals surface area contributed by atoms with Gasteiger partial charge in [-0.1, -0.05) is 29.8 Å². The number of ether oxygens (including phenoxy) is 1. The van der Waals surface area contributed by atoms with E-state index in [1.54, 1.807) is 23.6 Å². The van der Waals surface area contributed by atoms with E-state index in [-0.39, 0.29) is 15.6 Å². The Morgan fingerprint density at radius 1 is 1.17 bits per heavy atom. The summed E-state index contributed by atoms with van der Waals surface area (Å²) in [6.07, 6.45) is 0.291. The van der Waals surface area contributed by atoms with Crippen molar-refractivity contribution in [2.45, 2.75) is 24.0 Å². The number of nitrogens with zero attached hydrogens (tertiary/aromatic N) is 2. The molecule has 7 nitrogen and oxygen atoms in total. The van der Waals surface area contributed by atoms with Crippen molar-refractivity contribution in [3.8, 4) is 0 Å². The summed E-state index contributed by atoms with van der Waals surface area (Å²) < 4.78 is 33.6. The average molecular weight is 463 g/mol. The van der Waals surface area contributed by atoms with Crippen LogP contribution in [0.5, 0.6) is 0 Å². The van der Waals surface area contributed by atoms with Gasteiger partial charge in [-0.15, -0.1) is 11.3 Å². The predicted octanol–water partition coefficient (Wildman–Crippen LogP) is 3.86. The van der Waals surface area contributed by atoms with Gasteiger partial charge in [0.15, 0.2) is 17.2 Å². The number of Topliss-reactive ketones (excluding diaryl/α,β-unsaturated/α-hetero) is 1. The van der Waals surface area contributed by atoms with Crippen molar-refractivity contribution in [3.05, 3.63) is 75.7 Å². The van der Waals surface area contributed by atoms with E-state index in [0.717, 1.165) is 15.6 Å². The topological polar surface area (TPSA) is 93.6 Å². The summed E-state index contributed by atoms with van der Waals surface area (Å²) in [6.45, 7) is 1.20. The van der Waals surface area contributed by atoms with Crippen LogP contribution in [0.25, 0.3) is 0 Å². The highest BCUT2D eigenvalue weighted by atomic mass is 35.5. The summed E-state index contributed by atoms with van der Waals surface area (Å²) in [5, 5.41) is 2.05. The van der Waals surface area contributed by atoms with Crippen LogP contribution in [0.2, 0.25) is 5.02 Å². The van der Waals surface area contributed by atoms with Crippen LogP contribution in [-0.2, 0) is 19.6 Å². The Kier molecular flexibility index (Phi) is 5.35. The van der Waals surface area contributed by atoms with Crippen LogP contribution >= 0.6 is 22.9 Å². The maximum absolute atomic E-state index is 13.6. The number of thiazole rings is 1. The molecule has 4 rings (SSSR count). The van der Waals surface area contributed by atoms with Crippen LogP contribution in [0.4, 0.5) is 5.69 Å². The zero-order chi connectivity index (χ0) is 21.5. The summed E-state index contributed by atoms with van der Waals surface area (Å²) in [6, 6.07) is 10.9. The van der Waals surface area contributed by atoms with E-state index in [2.05, 4.69) is 4.98 Å². The third kappa shape index (κ3) is 3.49. The summed E-state index contributed by atoms with van der Waals surface area (Å²) in [5.74, 6) is -1.22. The first kappa shape index (κ1) is 20.5. The molecule has 2 heterocycles. The molecule has 0 aliphatic carbocycles. The number of fused-ring (bicyclic) bond motifs is 1. The molecule has 0 fully saturated rings. The summed E-state index contributed by atoms with van der Waals surface area (Å²) >= 11 is 7.21. The fourth-order valence-corrected chi connectivity index (χ4v) is 5.85. The molecule has 0 saturated heterocycles. The van der Waals surface area contributed by atoms with Gasteiger partial charge in [-0.05, 0) is 30.3 Å². The van der Waals surface area contributed by atoms with E-state index >= 15 is 0 Å². The van der Waals surface area contributed by atoms with Crippen molar-refractivity contribution in [1.82, 2.24) is 4.98 Å². The van der Waals surface area contributed by atoms with E-state index < -0.39 is 33.9 Å². The van der Waals surface area contributed by atoms with E-state index in [1.807, 2.05) is 0 Å². The highest BCUT2D eigenvalue weighted by Crippen LogP contribution is 2.46. The SMILES string of the molecule is CC(=O)OC1c2cc(Cl)ccc2N(S(=O)(=O)c2ccccc2)C1C(=O)c1nccs1. The van der Waals surface area contributed by atoms with Crippen LogP contribution in [0.15, 0.2) is 65.0 Å². The van der Waals surface area contributed by atoms with Crippen molar-refractivity contribution < 1.29 is 22.7 Å². The molecule has 1 aliphatic rings. The lowest BCUT2D eigenvalue weighted by Gasteiger charge is -2.27. The predicted molar refractivity (Wildman–Crippen MR) is 112 cm³/mol. The second kappa shape index (κ2) is 7.82. The summed E-state index contributed by atoms with van der Waals surface area (Å²) in [4.78, 5) is 29.2. The lowest BCUT2D eigenvalue weighted by atomic mass is 10.0. The first-order chi connectivity index (χ1) is 14.3. The van der Waals surface area contributed by atoms with Crippen molar-refractivity contribution in [2.75, 3.05) is 4.31 Å². The van der Waals surface area contributed by atoms with Crippen LogP contribution in [-0.4, -0.2) is 31.2 Å². The molecule has 0 radical (unpaired) electrons. The number of halogens is 1. The van der Waals surface area contributed by atoms with Crippen LogP contribution in [0, 0.1) is 0 Å². The fourth-order valence-electron chi connectivity index (χ4n) is 3.40. The number of carbonyl (C=O) groups is 2. The Balaban J connectivity index is 1.95. The number of esters is 1. The zero-order valence-electron chi connectivity index (χ0n) is 15.6. The summed E-state index contributed by atoms with van der Waals surface area (Å²) in [5.41, 5.74) is 0.566. The minimum atomic E-state index is -4.16. The van der Waals surface area contributed by atoms with Gasteiger partial charge >= 0.3 is 5.97 Å². The van der Waals surface area contributed by atoms with Gasteiger partial charge in [0.1, 0.15) is 0 Å². The van der Waals surface area contributed by atoms with Crippen molar-refractivity contribution in [3.63, 3.8) is 0 Å². The smallest absolute Gasteiger partial charge is 0.303 e. The molecule has 0 amide bonds. The van der Waals surface area contributed by atoms with Gasteiger partial charge in [0.2, 0.25) is 5.78 Å². The molecule has 10 heteroatoms. The Hall–Kier alpha value is -2.75. The molecule has 2 aromatic carbocycles. The van der Waals surface area contributed by atoms with Gasteiger partial charge in [0, 0.05) is 29.1 Å². The van der Waals surface area contributed by atoms with Gasteiger partial charge in [-0.2, -0.15) is 0 Å². The molecule has 0 N–H and O–H groups in total. The monoisotopic (exact) mass is 462 g/mol. The number of anilines is 1. The van der Waals surface area contributed by atoms with E-state index in [9.17, 15) is 18.0 Å². The molecule has 0 spiro atoms. The second-order valence-electron chi connectivity index (χ2n) is 6.49. The van der Waals surface area contributed by atoms with E-state index in [0.29, 0.717) is 10.6 Å². The standard InChI is InChI=1S/C20H15ClN2O5S2/c1-12(24)28-19-15-11-13(21)7-8-16(15)23(17(19)18(25)20-22-9-10-29-20)30(26,27)14-5-3-2-4-6-14/h2-11,17,19H,1H3. The average Bonchev–Trinajstić information content (AvgIpc) is 3.35. The number of ketones is 1. The maximum Gasteiger partial charge on any atom is 0.303 e. The number of carbonyl (C=O) groups excluding carboxylic acids is 2. The number of rotatable bonds is 5. The normalized spacial score (nSPS) is 18.1. The Morgan fingerprint density at radius 2 is 1.90 bits per heavy atom. The van der Waals surface area contributed by atoms with Crippen LogP contribution in [0.3, 0.4) is 0 Å². The van der Waals surface area contributed by atoms with Gasteiger partial charge in [0.25, 0.3) is 10.0 Å².